The normalized spacial score (nSPS) is 19.9. The number of carbonyl (C=O) groups is 1. The second-order valence-corrected chi connectivity index (χ2v) is 6.49. The Labute approximate surface area is 119 Å². The van der Waals surface area contributed by atoms with Gasteiger partial charge < -0.3 is 4.90 Å². The molecule has 3 nitrogen and oxygen atoms in total. The maximum absolute atomic E-state index is 13.0. The number of aromatic nitrogens is 1. The number of carbonyl (C=O) groups excluding carboxylic acids is 1. The van der Waals surface area contributed by atoms with Crippen molar-refractivity contribution in [1.29, 1.82) is 0 Å². The van der Waals surface area contributed by atoms with Crippen molar-refractivity contribution in [2.24, 2.45) is 5.92 Å². The number of aryl methyl sites for hydroxylation is 1. The van der Waals surface area contributed by atoms with Gasteiger partial charge in [-0.25, -0.2) is 4.98 Å². The highest BCUT2D eigenvalue weighted by Crippen LogP contribution is 2.38. The number of ketones is 1. The lowest BCUT2D eigenvalue weighted by Crippen LogP contribution is -2.41. The molecular weight excluding hydrogens is 289 g/mol. The molecular formula is C13H17F3N2OS. The van der Waals surface area contributed by atoms with Crippen molar-refractivity contribution >= 4 is 22.3 Å². The molecule has 0 bridgehead atoms. The molecule has 0 saturated carbocycles. The van der Waals surface area contributed by atoms with E-state index in [1.165, 1.54) is 16.2 Å². The zero-order valence-electron chi connectivity index (χ0n) is 11.6. The van der Waals surface area contributed by atoms with Crippen molar-refractivity contribution in [3.05, 3.63) is 10.6 Å². The summed E-state index contributed by atoms with van der Waals surface area (Å²) >= 11 is 1.17. The van der Waals surface area contributed by atoms with Gasteiger partial charge in [-0.2, -0.15) is 13.2 Å². The highest BCUT2D eigenvalue weighted by molar-refractivity contribution is 7.15. The fraction of sp³-hybridized carbons (Fsp3) is 0.692. The zero-order chi connectivity index (χ0) is 15.1. The summed E-state index contributed by atoms with van der Waals surface area (Å²) in [7, 11) is 0. The third kappa shape index (κ3) is 2.82. The van der Waals surface area contributed by atoms with E-state index in [9.17, 15) is 18.0 Å². The summed E-state index contributed by atoms with van der Waals surface area (Å²) in [5.41, 5.74) is 0.313. The van der Waals surface area contributed by atoms with Gasteiger partial charge >= 0.3 is 6.18 Å². The molecule has 1 saturated heterocycles. The van der Waals surface area contributed by atoms with Crippen LogP contribution in [0.2, 0.25) is 0 Å². The monoisotopic (exact) mass is 306 g/mol. The molecule has 0 aliphatic carbocycles. The van der Waals surface area contributed by atoms with Crippen LogP contribution >= 0.6 is 11.3 Å². The Morgan fingerprint density at radius 1 is 1.45 bits per heavy atom. The highest BCUT2D eigenvalue weighted by atomic mass is 32.1. The van der Waals surface area contributed by atoms with Crippen molar-refractivity contribution < 1.29 is 18.0 Å². The summed E-state index contributed by atoms with van der Waals surface area (Å²) in [6.07, 6.45) is -3.66. The van der Waals surface area contributed by atoms with Gasteiger partial charge in [-0.05, 0) is 19.8 Å². The van der Waals surface area contributed by atoms with Gasteiger partial charge in [0.05, 0.1) is 0 Å². The first-order valence-corrected chi connectivity index (χ1v) is 7.38. The first-order valence-electron chi connectivity index (χ1n) is 6.56. The van der Waals surface area contributed by atoms with Crippen LogP contribution in [0.5, 0.6) is 0 Å². The molecule has 1 atom stereocenters. The molecule has 20 heavy (non-hydrogen) atoms. The van der Waals surface area contributed by atoms with E-state index in [1.54, 1.807) is 20.8 Å². The third-order valence-corrected chi connectivity index (χ3v) is 4.43. The van der Waals surface area contributed by atoms with E-state index in [0.29, 0.717) is 28.7 Å². The summed E-state index contributed by atoms with van der Waals surface area (Å²) in [6.45, 7) is 5.59. The topological polar surface area (TPSA) is 33.2 Å². The number of rotatable bonds is 3. The van der Waals surface area contributed by atoms with Crippen LogP contribution in [0.3, 0.4) is 0 Å². The molecule has 0 aromatic carbocycles. The minimum absolute atomic E-state index is 0.0928. The highest BCUT2D eigenvalue weighted by Gasteiger charge is 2.47. The summed E-state index contributed by atoms with van der Waals surface area (Å²) in [5, 5.41) is 0.311. The molecule has 1 unspecified atom stereocenters. The van der Waals surface area contributed by atoms with Crippen LogP contribution < -0.4 is 4.90 Å². The van der Waals surface area contributed by atoms with E-state index in [0.717, 1.165) is 0 Å². The van der Waals surface area contributed by atoms with Crippen molar-refractivity contribution in [2.45, 2.75) is 45.8 Å². The van der Waals surface area contributed by atoms with E-state index in [4.69, 9.17) is 0 Å². The third-order valence-electron chi connectivity index (χ3n) is 3.42. The average Bonchev–Trinajstić information content (AvgIpc) is 2.92. The van der Waals surface area contributed by atoms with Crippen molar-refractivity contribution in [1.82, 2.24) is 4.98 Å². The lowest BCUT2D eigenvalue weighted by atomic mass is 10.1. The maximum atomic E-state index is 13.0. The van der Waals surface area contributed by atoms with E-state index in [1.807, 2.05) is 0 Å². The molecule has 1 aliphatic heterocycles. The standard InChI is InChI=1S/C13H17F3N2OS/c1-7(2)11(19)10-8(3)20-12(17-10)18-6-4-5-9(18)13(14,15)16/h7,9H,4-6H2,1-3H3. The predicted molar refractivity (Wildman–Crippen MR) is 72.4 cm³/mol. The second kappa shape index (κ2) is 5.35. The van der Waals surface area contributed by atoms with E-state index in [-0.39, 0.29) is 18.1 Å². The molecule has 2 heterocycles. The number of hydrogen-bond acceptors (Lipinski definition) is 4. The molecule has 1 aromatic heterocycles. The number of nitrogens with zero attached hydrogens (tertiary/aromatic N) is 2. The molecule has 1 aromatic rings. The van der Waals surface area contributed by atoms with Crippen LogP contribution in [-0.2, 0) is 0 Å². The fourth-order valence-electron chi connectivity index (χ4n) is 2.34. The van der Waals surface area contributed by atoms with Crippen LogP contribution in [0.1, 0.15) is 42.1 Å². The molecule has 1 fully saturated rings. The zero-order valence-corrected chi connectivity index (χ0v) is 12.4. The lowest BCUT2D eigenvalue weighted by Gasteiger charge is -2.25. The Bertz CT molecular complexity index is 510. The Balaban J connectivity index is 2.30. The molecule has 0 spiro atoms. The van der Waals surface area contributed by atoms with Crippen LogP contribution in [0, 0.1) is 12.8 Å². The quantitative estimate of drug-likeness (QED) is 0.796. The molecule has 2 rings (SSSR count). The van der Waals surface area contributed by atoms with Gasteiger partial charge in [-0.3, -0.25) is 4.79 Å². The van der Waals surface area contributed by atoms with Crippen LogP contribution in [0.4, 0.5) is 18.3 Å². The molecule has 7 heteroatoms. The van der Waals surface area contributed by atoms with Crippen molar-refractivity contribution in [2.75, 3.05) is 11.4 Å². The van der Waals surface area contributed by atoms with Crippen molar-refractivity contribution in [3.63, 3.8) is 0 Å². The molecule has 0 N–H and O–H groups in total. The summed E-state index contributed by atoms with van der Waals surface area (Å²) in [5.74, 6) is -0.326. The number of alkyl halides is 3. The first-order chi connectivity index (χ1) is 9.21. The lowest BCUT2D eigenvalue weighted by molar-refractivity contribution is -0.145. The van der Waals surface area contributed by atoms with Crippen LogP contribution in [-0.4, -0.2) is 29.5 Å². The minimum Gasteiger partial charge on any atom is -0.336 e. The van der Waals surface area contributed by atoms with Crippen molar-refractivity contribution in [3.8, 4) is 0 Å². The molecule has 1 aliphatic rings. The molecule has 0 amide bonds. The minimum atomic E-state index is -4.25. The van der Waals surface area contributed by atoms with Gasteiger partial charge in [0.1, 0.15) is 11.7 Å². The number of anilines is 1. The van der Waals surface area contributed by atoms with Gasteiger partial charge in [0.15, 0.2) is 10.9 Å². The average molecular weight is 306 g/mol. The van der Waals surface area contributed by atoms with Gasteiger partial charge in [-0.15, -0.1) is 11.3 Å². The Morgan fingerprint density at radius 3 is 2.65 bits per heavy atom. The van der Waals surface area contributed by atoms with Crippen LogP contribution in [0.15, 0.2) is 0 Å². The maximum Gasteiger partial charge on any atom is 0.408 e. The fourth-order valence-corrected chi connectivity index (χ4v) is 3.33. The molecule has 0 radical (unpaired) electrons. The first kappa shape index (κ1) is 15.3. The Hall–Kier alpha value is -1.11. The largest absolute Gasteiger partial charge is 0.408 e. The predicted octanol–water partition coefficient (Wildman–Crippen LogP) is 3.82. The second-order valence-electron chi connectivity index (χ2n) is 5.31. The number of halogens is 3. The summed E-state index contributed by atoms with van der Waals surface area (Å²) in [6, 6.07) is -1.48. The SMILES string of the molecule is Cc1sc(N2CCCC2C(F)(F)F)nc1C(=O)C(C)C. The van der Waals surface area contributed by atoms with Crippen LogP contribution in [0.25, 0.3) is 0 Å². The Morgan fingerprint density at radius 2 is 2.10 bits per heavy atom. The van der Waals surface area contributed by atoms with Gasteiger partial charge in [0.2, 0.25) is 0 Å². The van der Waals surface area contributed by atoms with Gasteiger partial charge in [0, 0.05) is 17.3 Å². The number of Topliss-reactive ketones (excluding diaryl/α,β-unsaturated/α-hetero) is 1. The van der Waals surface area contributed by atoms with E-state index < -0.39 is 12.2 Å². The molecule has 112 valence electrons. The van der Waals surface area contributed by atoms with E-state index >= 15 is 0 Å². The number of thiazole rings is 1. The van der Waals surface area contributed by atoms with Gasteiger partial charge in [-0.1, -0.05) is 13.8 Å². The smallest absolute Gasteiger partial charge is 0.336 e. The van der Waals surface area contributed by atoms with Gasteiger partial charge in [0.25, 0.3) is 0 Å². The summed E-state index contributed by atoms with van der Waals surface area (Å²) < 4.78 is 38.9. The number of hydrogen-bond donors (Lipinski definition) is 0. The summed E-state index contributed by atoms with van der Waals surface area (Å²) in [4.78, 5) is 18.1. The Kier molecular flexibility index (Phi) is 4.09. The van der Waals surface area contributed by atoms with E-state index in [2.05, 4.69) is 4.98 Å².